The average molecular weight is 237 g/mol. The standard InChI is InChI=1S/C10H9ClN4O/c11-7-2-1-3-8(4-7)14-10(16)15-9-5-12-13-6-9/h1-6H,(H,12,13)(H2,14,15,16). The van der Waals surface area contributed by atoms with Crippen LogP contribution in [0, 0.1) is 0 Å². The fraction of sp³-hybridized carbons (Fsp3) is 0. The van der Waals surface area contributed by atoms with Gasteiger partial charge in [0.2, 0.25) is 0 Å². The normalized spacial score (nSPS) is 9.81. The Morgan fingerprint density at radius 3 is 2.81 bits per heavy atom. The maximum Gasteiger partial charge on any atom is 0.323 e. The topological polar surface area (TPSA) is 69.8 Å². The zero-order chi connectivity index (χ0) is 11.4. The molecule has 2 aromatic rings. The second-order valence-electron chi connectivity index (χ2n) is 3.08. The van der Waals surface area contributed by atoms with E-state index in [-0.39, 0.29) is 6.03 Å². The molecule has 3 N–H and O–H groups in total. The number of hydrogen-bond donors (Lipinski definition) is 3. The van der Waals surface area contributed by atoms with Crippen LogP contribution >= 0.6 is 11.6 Å². The number of hydrogen-bond acceptors (Lipinski definition) is 2. The Morgan fingerprint density at radius 2 is 2.12 bits per heavy atom. The summed E-state index contributed by atoms with van der Waals surface area (Å²) < 4.78 is 0. The number of carbonyl (C=O) groups is 1. The van der Waals surface area contributed by atoms with E-state index < -0.39 is 0 Å². The summed E-state index contributed by atoms with van der Waals surface area (Å²) in [5.41, 5.74) is 1.23. The summed E-state index contributed by atoms with van der Waals surface area (Å²) in [7, 11) is 0. The van der Waals surface area contributed by atoms with Crippen molar-refractivity contribution >= 4 is 29.0 Å². The third kappa shape index (κ3) is 2.74. The smallest absolute Gasteiger partial charge is 0.308 e. The molecule has 0 aliphatic heterocycles. The van der Waals surface area contributed by atoms with Gasteiger partial charge < -0.3 is 10.6 Å². The van der Waals surface area contributed by atoms with Crippen molar-refractivity contribution in [3.05, 3.63) is 41.7 Å². The van der Waals surface area contributed by atoms with Crippen LogP contribution in [0.15, 0.2) is 36.7 Å². The van der Waals surface area contributed by atoms with E-state index in [4.69, 9.17) is 11.6 Å². The minimum atomic E-state index is -0.344. The van der Waals surface area contributed by atoms with Crippen LogP contribution in [0.1, 0.15) is 0 Å². The van der Waals surface area contributed by atoms with E-state index in [0.29, 0.717) is 16.4 Å². The first-order valence-electron chi connectivity index (χ1n) is 4.56. The van der Waals surface area contributed by atoms with Crippen LogP contribution in [0.2, 0.25) is 5.02 Å². The third-order valence-corrected chi connectivity index (χ3v) is 2.07. The van der Waals surface area contributed by atoms with Gasteiger partial charge in [0.05, 0.1) is 11.9 Å². The van der Waals surface area contributed by atoms with Crippen molar-refractivity contribution in [3.63, 3.8) is 0 Å². The predicted octanol–water partition coefficient (Wildman–Crippen LogP) is 2.71. The molecule has 16 heavy (non-hydrogen) atoms. The molecule has 0 atom stereocenters. The van der Waals surface area contributed by atoms with Gasteiger partial charge in [0.25, 0.3) is 0 Å². The Kier molecular flexibility index (Phi) is 3.07. The molecule has 0 unspecified atom stereocenters. The highest BCUT2D eigenvalue weighted by Gasteiger charge is 2.02. The van der Waals surface area contributed by atoms with Crippen molar-refractivity contribution in [2.75, 3.05) is 10.6 Å². The van der Waals surface area contributed by atoms with Crippen LogP contribution in [0.5, 0.6) is 0 Å². The molecule has 1 heterocycles. The highest BCUT2D eigenvalue weighted by molar-refractivity contribution is 6.30. The first kappa shape index (κ1) is 10.5. The summed E-state index contributed by atoms with van der Waals surface area (Å²) in [5, 5.41) is 12.1. The maximum atomic E-state index is 11.5. The number of urea groups is 1. The number of benzene rings is 1. The van der Waals surface area contributed by atoms with Crippen LogP contribution in [0.25, 0.3) is 0 Å². The van der Waals surface area contributed by atoms with Gasteiger partial charge in [-0.15, -0.1) is 0 Å². The lowest BCUT2D eigenvalue weighted by Crippen LogP contribution is -2.18. The molecule has 0 aliphatic rings. The monoisotopic (exact) mass is 236 g/mol. The van der Waals surface area contributed by atoms with Crippen LogP contribution < -0.4 is 10.6 Å². The third-order valence-electron chi connectivity index (χ3n) is 1.84. The minimum absolute atomic E-state index is 0.344. The molecule has 6 heteroatoms. The van der Waals surface area contributed by atoms with Gasteiger partial charge in [0, 0.05) is 16.9 Å². The molecule has 0 radical (unpaired) electrons. The van der Waals surface area contributed by atoms with E-state index in [1.165, 1.54) is 6.20 Å². The number of nitrogens with zero attached hydrogens (tertiary/aromatic N) is 1. The molecule has 2 amide bonds. The SMILES string of the molecule is O=C(Nc1cn[nH]c1)Nc1cccc(Cl)c1. The Balaban J connectivity index is 1.97. The summed E-state index contributed by atoms with van der Waals surface area (Å²) >= 11 is 5.78. The molecular formula is C10H9ClN4O. The van der Waals surface area contributed by atoms with E-state index in [9.17, 15) is 4.79 Å². The molecule has 0 aliphatic carbocycles. The Morgan fingerprint density at radius 1 is 1.31 bits per heavy atom. The first-order chi connectivity index (χ1) is 7.74. The van der Waals surface area contributed by atoms with Gasteiger partial charge in [-0.3, -0.25) is 5.10 Å². The highest BCUT2D eigenvalue weighted by atomic mass is 35.5. The number of halogens is 1. The quantitative estimate of drug-likeness (QED) is 0.750. The number of aromatic nitrogens is 2. The number of nitrogens with one attached hydrogen (secondary N) is 3. The largest absolute Gasteiger partial charge is 0.323 e. The lowest BCUT2D eigenvalue weighted by Gasteiger charge is -2.05. The van der Waals surface area contributed by atoms with E-state index >= 15 is 0 Å². The molecule has 82 valence electrons. The van der Waals surface area contributed by atoms with Crippen LogP contribution in [0.3, 0.4) is 0 Å². The molecule has 0 bridgehead atoms. The zero-order valence-corrected chi connectivity index (χ0v) is 8.95. The minimum Gasteiger partial charge on any atom is -0.308 e. The van der Waals surface area contributed by atoms with Crippen molar-refractivity contribution in [3.8, 4) is 0 Å². The molecule has 0 saturated heterocycles. The average Bonchev–Trinajstić information content (AvgIpc) is 2.70. The van der Waals surface area contributed by atoms with Gasteiger partial charge in [-0.1, -0.05) is 17.7 Å². The van der Waals surface area contributed by atoms with Crippen LogP contribution in [-0.2, 0) is 0 Å². The molecule has 1 aromatic carbocycles. The van der Waals surface area contributed by atoms with E-state index in [0.717, 1.165) is 0 Å². The summed E-state index contributed by atoms with van der Waals surface area (Å²) in [4.78, 5) is 11.5. The summed E-state index contributed by atoms with van der Waals surface area (Å²) in [6.07, 6.45) is 3.09. The second-order valence-corrected chi connectivity index (χ2v) is 3.51. The van der Waals surface area contributed by atoms with E-state index in [1.807, 2.05) is 0 Å². The summed E-state index contributed by atoms with van der Waals surface area (Å²) in [6, 6.07) is 6.57. The van der Waals surface area contributed by atoms with Gasteiger partial charge in [0.1, 0.15) is 0 Å². The molecule has 2 rings (SSSR count). The van der Waals surface area contributed by atoms with E-state index in [1.54, 1.807) is 30.5 Å². The number of anilines is 2. The summed E-state index contributed by atoms with van der Waals surface area (Å²) in [5.74, 6) is 0. The maximum absolute atomic E-state index is 11.5. The number of amides is 2. The summed E-state index contributed by atoms with van der Waals surface area (Å²) in [6.45, 7) is 0. The van der Waals surface area contributed by atoms with Crippen LogP contribution in [-0.4, -0.2) is 16.2 Å². The number of rotatable bonds is 2. The number of carbonyl (C=O) groups excluding carboxylic acids is 1. The van der Waals surface area contributed by atoms with Crippen molar-refractivity contribution in [1.82, 2.24) is 10.2 Å². The van der Waals surface area contributed by atoms with Gasteiger partial charge in [-0.2, -0.15) is 5.10 Å². The number of H-pyrrole nitrogens is 1. The van der Waals surface area contributed by atoms with Gasteiger partial charge in [-0.25, -0.2) is 4.79 Å². The molecule has 1 aromatic heterocycles. The lowest BCUT2D eigenvalue weighted by atomic mass is 10.3. The molecular weight excluding hydrogens is 228 g/mol. The Bertz CT molecular complexity index is 483. The lowest BCUT2D eigenvalue weighted by molar-refractivity contribution is 0.262. The first-order valence-corrected chi connectivity index (χ1v) is 4.94. The predicted molar refractivity (Wildman–Crippen MR) is 62.7 cm³/mol. The van der Waals surface area contributed by atoms with E-state index in [2.05, 4.69) is 20.8 Å². The highest BCUT2D eigenvalue weighted by Crippen LogP contribution is 2.15. The van der Waals surface area contributed by atoms with Crippen molar-refractivity contribution in [2.45, 2.75) is 0 Å². The van der Waals surface area contributed by atoms with Crippen molar-refractivity contribution in [1.29, 1.82) is 0 Å². The molecule has 0 spiro atoms. The fourth-order valence-electron chi connectivity index (χ4n) is 1.18. The van der Waals surface area contributed by atoms with Gasteiger partial charge in [-0.05, 0) is 18.2 Å². The van der Waals surface area contributed by atoms with Crippen LogP contribution in [0.4, 0.5) is 16.2 Å². The van der Waals surface area contributed by atoms with Gasteiger partial charge >= 0.3 is 6.03 Å². The Labute approximate surface area is 96.8 Å². The zero-order valence-electron chi connectivity index (χ0n) is 8.20. The number of aromatic amines is 1. The fourth-order valence-corrected chi connectivity index (χ4v) is 1.37. The second kappa shape index (κ2) is 4.67. The molecule has 5 nitrogen and oxygen atoms in total. The molecule has 0 fully saturated rings. The van der Waals surface area contributed by atoms with Gasteiger partial charge in [0.15, 0.2) is 0 Å². The Hall–Kier alpha value is -2.01. The van der Waals surface area contributed by atoms with Crippen molar-refractivity contribution < 1.29 is 4.79 Å². The molecule has 0 saturated carbocycles. The van der Waals surface area contributed by atoms with Crippen molar-refractivity contribution in [2.24, 2.45) is 0 Å².